The second kappa shape index (κ2) is 11.5. The topological polar surface area (TPSA) is 67.6 Å². The third kappa shape index (κ3) is 7.01. The molecule has 0 aromatic carbocycles. The van der Waals surface area contributed by atoms with E-state index in [-0.39, 0.29) is 42.7 Å². The van der Waals surface area contributed by atoms with Crippen LogP contribution >= 0.6 is 24.8 Å². The van der Waals surface area contributed by atoms with Crippen LogP contribution in [0, 0.1) is 5.92 Å². The lowest BCUT2D eigenvalue weighted by Crippen LogP contribution is -2.48. The van der Waals surface area contributed by atoms with Crippen LogP contribution in [0.15, 0.2) is 0 Å². The summed E-state index contributed by atoms with van der Waals surface area (Å²) in [5.74, 6) is 0.376. The number of hydrogen-bond acceptors (Lipinski definition) is 4. The first kappa shape index (κ1) is 21.9. The molecule has 22 heavy (non-hydrogen) atoms. The number of ether oxygens (including phenoxy) is 1. The van der Waals surface area contributed by atoms with Gasteiger partial charge in [-0.15, -0.1) is 24.8 Å². The Labute approximate surface area is 146 Å². The Kier molecular flexibility index (Phi) is 11.4. The van der Waals surface area contributed by atoms with Gasteiger partial charge >= 0.3 is 0 Å². The van der Waals surface area contributed by atoms with Crippen LogP contribution in [0.5, 0.6) is 0 Å². The molecule has 1 saturated heterocycles. The van der Waals surface area contributed by atoms with Gasteiger partial charge in [0.15, 0.2) is 0 Å². The molecule has 132 valence electrons. The average Bonchev–Trinajstić information content (AvgIpc) is 2.46. The molecule has 1 aliphatic carbocycles. The Bertz CT molecular complexity index is 313. The van der Waals surface area contributed by atoms with Gasteiger partial charge in [0, 0.05) is 44.7 Å². The molecule has 0 spiro atoms. The van der Waals surface area contributed by atoms with Crippen LogP contribution in [0.3, 0.4) is 0 Å². The molecule has 1 aliphatic heterocycles. The van der Waals surface area contributed by atoms with Gasteiger partial charge in [0.25, 0.3) is 0 Å². The molecule has 0 aromatic rings. The van der Waals surface area contributed by atoms with Gasteiger partial charge in [-0.3, -0.25) is 4.79 Å². The summed E-state index contributed by atoms with van der Waals surface area (Å²) in [6.45, 7) is 3.89. The Balaban J connectivity index is 0.00000220. The second-order valence-corrected chi connectivity index (χ2v) is 6.24. The first-order valence-electron chi connectivity index (χ1n) is 7.96. The van der Waals surface area contributed by atoms with E-state index in [1.54, 1.807) is 7.11 Å². The van der Waals surface area contributed by atoms with Gasteiger partial charge in [0.05, 0.1) is 6.61 Å². The summed E-state index contributed by atoms with van der Waals surface area (Å²) in [4.78, 5) is 14.7. The number of methoxy groups -OCH3 is 1. The van der Waals surface area contributed by atoms with Gasteiger partial charge in [-0.2, -0.15) is 0 Å². The van der Waals surface area contributed by atoms with E-state index in [2.05, 4.69) is 10.2 Å². The van der Waals surface area contributed by atoms with E-state index in [1.807, 2.05) is 0 Å². The van der Waals surface area contributed by atoms with E-state index >= 15 is 0 Å². The number of amides is 1. The first-order valence-corrected chi connectivity index (χ1v) is 7.96. The molecule has 2 rings (SSSR count). The van der Waals surface area contributed by atoms with Crippen molar-refractivity contribution >= 4 is 30.7 Å². The van der Waals surface area contributed by atoms with Gasteiger partial charge < -0.3 is 20.7 Å². The smallest absolute Gasteiger partial charge is 0.223 e. The van der Waals surface area contributed by atoms with Crippen LogP contribution in [0.25, 0.3) is 0 Å². The van der Waals surface area contributed by atoms with Crippen LogP contribution < -0.4 is 11.1 Å². The molecule has 1 heterocycles. The number of piperidine rings is 1. The first-order chi connectivity index (χ1) is 9.69. The third-order valence-electron chi connectivity index (χ3n) is 4.63. The average molecular weight is 356 g/mol. The van der Waals surface area contributed by atoms with Crippen molar-refractivity contribution in [3.05, 3.63) is 0 Å². The molecular weight excluding hydrogens is 325 g/mol. The summed E-state index contributed by atoms with van der Waals surface area (Å²) in [5.41, 5.74) is 5.96. The maximum atomic E-state index is 12.3. The van der Waals surface area contributed by atoms with Crippen LogP contribution in [0.4, 0.5) is 0 Å². The zero-order valence-corrected chi connectivity index (χ0v) is 15.1. The predicted octanol–water partition coefficient (Wildman–Crippen LogP) is 1.57. The Morgan fingerprint density at radius 3 is 2.50 bits per heavy atom. The van der Waals surface area contributed by atoms with E-state index in [1.165, 1.54) is 0 Å². The highest BCUT2D eigenvalue weighted by atomic mass is 35.5. The maximum absolute atomic E-state index is 12.3. The minimum Gasteiger partial charge on any atom is -0.383 e. The lowest BCUT2D eigenvalue weighted by molar-refractivity contribution is -0.127. The second-order valence-electron chi connectivity index (χ2n) is 6.24. The van der Waals surface area contributed by atoms with Crippen LogP contribution in [-0.4, -0.2) is 56.2 Å². The normalized spacial score (nSPS) is 26.6. The molecule has 2 aliphatic rings. The molecule has 1 amide bonds. The summed E-state index contributed by atoms with van der Waals surface area (Å²) in [6.07, 6.45) is 6.13. The van der Waals surface area contributed by atoms with Crippen molar-refractivity contribution < 1.29 is 9.53 Å². The predicted molar refractivity (Wildman–Crippen MR) is 93.9 cm³/mol. The zero-order valence-electron chi connectivity index (χ0n) is 13.5. The lowest BCUT2D eigenvalue weighted by Gasteiger charge is -2.33. The molecule has 3 N–H and O–H groups in total. The molecule has 0 aromatic heterocycles. The fraction of sp³-hybridized carbons (Fsp3) is 0.933. The molecule has 2 fully saturated rings. The van der Waals surface area contributed by atoms with E-state index < -0.39 is 0 Å². The molecule has 0 radical (unpaired) electrons. The van der Waals surface area contributed by atoms with Gasteiger partial charge in [-0.05, 0) is 32.1 Å². The number of likely N-dealkylation sites (tertiary alicyclic amines) is 1. The van der Waals surface area contributed by atoms with Crippen molar-refractivity contribution in [2.24, 2.45) is 11.7 Å². The van der Waals surface area contributed by atoms with E-state index in [4.69, 9.17) is 10.5 Å². The molecule has 7 heteroatoms. The van der Waals surface area contributed by atoms with Crippen molar-refractivity contribution in [3.63, 3.8) is 0 Å². The molecule has 1 saturated carbocycles. The number of nitrogens with zero attached hydrogens (tertiary/aromatic N) is 1. The number of carbonyl (C=O) groups excluding carboxylic acids is 1. The minimum atomic E-state index is 0. The Morgan fingerprint density at radius 1 is 1.23 bits per heavy atom. The van der Waals surface area contributed by atoms with E-state index in [0.717, 1.165) is 64.8 Å². The highest BCUT2D eigenvalue weighted by molar-refractivity contribution is 5.85. The summed E-state index contributed by atoms with van der Waals surface area (Å²) in [6, 6.07) is 0.565. The number of nitrogens with two attached hydrogens (primary N) is 1. The highest BCUT2D eigenvalue weighted by Gasteiger charge is 2.28. The van der Waals surface area contributed by atoms with Gasteiger partial charge in [0.2, 0.25) is 5.91 Å². The molecular formula is C15H31Cl2N3O2. The number of carbonyl (C=O) groups is 1. The third-order valence-corrected chi connectivity index (χ3v) is 4.63. The quantitative estimate of drug-likeness (QED) is 0.785. The van der Waals surface area contributed by atoms with Crippen molar-refractivity contribution in [2.45, 2.75) is 50.6 Å². The summed E-state index contributed by atoms with van der Waals surface area (Å²) in [5, 5.41) is 3.23. The van der Waals surface area contributed by atoms with Crippen molar-refractivity contribution in [2.75, 3.05) is 33.4 Å². The van der Waals surface area contributed by atoms with Crippen LogP contribution in [0.1, 0.15) is 38.5 Å². The molecule has 0 bridgehead atoms. The molecule has 2 atom stereocenters. The largest absolute Gasteiger partial charge is 0.383 e. The minimum absolute atomic E-state index is 0. The van der Waals surface area contributed by atoms with Crippen LogP contribution in [0.2, 0.25) is 0 Å². The number of nitrogens with one attached hydrogen (secondary N) is 1. The summed E-state index contributed by atoms with van der Waals surface area (Å²) >= 11 is 0. The summed E-state index contributed by atoms with van der Waals surface area (Å²) < 4.78 is 5.10. The van der Waals surface area contributed by atoms with Crippen molar-refractivity contribution in [1.29, 1.82) is 0 Å². The lowest BCUT2D eigenvalue weighted by atomic mass is 9.85. The number of hydrogen-bond donors (Lipinski definition) is 2. The standard InChI is InChI=1S/C15H29N3O2.2ClH/c1-20-10-9-18-7-5-14(6-8-18)17-15(19)12-3-2-4-13(16)11-12;;/h12-14H,2-11,16H2,1H3,(H,17,19);2*1H. The maximum Gasteiger partial charge on any atom is 0.223 e. The SMILES string of the molecule is COCCN1CCC(NC(=O)C2CCCC(N)C2)CC1.Cl.Cl. The highest BCUT2D eigenvalue weighted by Crippen LogP contribution is 2.23. The molecule has 2 unspecified atom stereocenters. The van der Waals surface area contributed by atoms with Crippen molar-refractivity contribution in [3.8, 4) is 0 Å². The Hall–Kier alpha value is -0.0700. The fourth-order valence-electron chi connectivity index (χ4n) is 3.31. The van der Waals surface area contributed by atoms with Gasteiger partial charge in [0.1, 0.15) is 0 Å². The van der Waals surface area contributed by atoms with Gasteiger partial charge in [-0.1, -0.05) is 6.42 Å². The summed E-state index contributed by atoms with van der Waals surface area (Å²) in [7, 11) is 1.74. The number of halogens is 2. The van der Waals surface area contributed by atoms with E-state index in [0.29, 0.717) is 6.04 Å². The molecule has 5 nitrogen and oxygen atoms in total. The van der Waals surface area contributed by atoms with Gasteiger partial charge in [-0.25, -0.2) is 0 Å². The zero-order chi connectivity index (χ0) is 14.4. The van der Waals surface area contributed by atoms with E-state index in [9.17, 15) is 4.79 Å². The Morgan fingerprint density at radius 2 is 1.91 bits per heavy atom. The van der Waals surface area contributed by atoms with Crippen LogP contribution in [-0.2, 0) is 9.53 Å². The fourth-order valence-corrected chi connectivity index (χ4v) is 3.31. The number of rotatable bonds is 5. The monoisotopic (exact) mass is 355 g/mol. The van der Waals surface area contributed by atoms with Crippen molar-refractivity contribution in [1.82, 2.24) is 10.2 Å².